The number of nitrogens with zero attached hydrogens (tertiary/aromatic N) is 1. The number of rotatable bonds is 3. The second-order valence-electron chi connectivity index (χ2n) is 6.21. The average Bonchev–Trinajstić information content (AvgIpc) is 2.53. The summed E-state index contributed by atoms with van der Waals surface area (Å²) >= 11 is 3.38. The number of halogens is 1. The minimum atomic E-state index is -0.956. The van der Waals surface area contributed by atoms with Gasteiger partial charge in [0.15, 0.2) is 0 Å². The number of aromatic carboxylic acids is 1. The summed E-state index contributed by atoms with van der Waals surface area (Å²) in [5.74, 6) is -0.956. The van der Waals surface area contributed by atoms with Crippen LogP contribution in [0.15, 0.2) is 40.9 Å². The molecule has 1 aromatic heterocycles. The fourth-order valence-electron chi connectivity index (χ4n) is 3.10. The monoisotopic (exact) mass is 395 g/mol. The number of carboxylic acid groups (broad SMARTS) is 1. The molecule has 3 aromatic rings. The topological polar surface area (TPSA) is 50.2 Å². The first-order chi connectivity index (χ1) is 11.8. The number of hydrogen-bond acceptors (Lipinski definition) is 2. The largest absolute Gasteiger partial charge is 0.478 e. The molecular weight excluding hydrogens is 378 g/mol. The smallest absolute Gasteiger partial charge is 0.336 e. The molecule has 4 heteroatoms. The van der Waals surface area contributed by atoms with Crippen molar-refractivity contribution in [2.24, 2.45) is 0 Å². The molecule has 0 atom stereocenters. The number of benzene rings is 2. The van der Waals surface area contributed by atoms with E-state index in [-0.39, 0.29) is 5.56 Å². The lowest BCUT2D eigenvalue weighted by molar-refractivity contribution is 0.0699. The molecule has 0 radical (unpaired) electrons. The van der Waals surface area contributed by atoms with Crippen LogP contribution >= 0.6 is 15.9 Å². The van der Waals surface area contributed by atoms with Crippen LogP contribution in [0.5, 0.6) is 0 Å². The van der Waals surface area contributed by atoms with Gasteiger partial charge in [0.25, 0.3) is 0 Å². The van der Waals surface area contributed by atoms with Crippen molar-refractivity contribution in [2.75, 3.05) is 0 Å². The van der Waals surface area contributed by atoms with E-state index in [0.717, 1.165) is 10.0 Å². The molecule has 0 aliphatic heterocycles. The van der Waals surface area contributed by atoms with Crippen LogP contribution < -0.4 is 0 Å². The van der Waals surface area contributed by atoms with Gasteiger partial charge in [-0.15, -0.1) is 0 Å². The van der Waals surface area contributed by atoms with Crippen LogP contribution in [-0.2, 0) is 0 Å². The van der Waals surface area contributed by atoms with Crippen LogP contribution in [0, 0.1) is 20.8 Å². The SMILES string of the molecule is Cc1cc(C)c(/C=C/c2cc(C(=O)O)c3cc(Br)ccc3n2)c(C)c1. The molecule has 1 N–H and O–H groups in total. The van der Waals surface area contributed by atoms with Crippen molar-refractivity contribution in [2.45, 2.75) is 20.8 Å². The summed E-state index contributed by atoms with van der Waals surface area (Å²) in [4.78, 5) is 16.2. The minimum Gasteiger partial charge on any atom is -0.478 e. The van der Waals surface area contributed by atoms with Crippen LogP contribution in [-0.4, -0.2) is 16.1 Å². The van der Waals surface area contributed by atoms with E-state index in [0.29, 0.717) is 16.6 Å². The molecule has 0 aliphatic rings. The van der Waals surface area contributed by atoms with Gasteiger partial charge in [-0.1, -0.05) is 39.7 Å². The maximum Gasteiger partial charge on any atom is 0.336 e. The highest BCUT2D eigenvalue weighted by Gasteiger charge is 2.11. The van der Waals surface area contributed by atoms with Crippen molar-refractivity contribution >= 4 is 45.0 Å². The Morgan fingerprint density at radius 1 is 1.04 bits per heavy atom. The van der Waals surface area contributed by atoms with E-state index in [1.165, 1.54) is 16.7 Å². The predicted octanol–water partition coefficient (Wildman–Crippen LogP) is 5.79. The van der Waals surface area contributed by atoms with Gasteiger partial charge in [-0.25, -0.2) is 9.78 Å². The molecule has 3 rings (SSSR count). The standard InChI is InChI=1S/C21H18BrNO2/c1-12-8-13(2)17(14(3)9-12)6-5-16-11-19(21(24)25)18-10-15(22)4-7-20(18)23-16/h4-11H,1-3H3,(H,24,25)/b6-5+. The number of carboxylic acids is 1. The van der Waals surface area contributed by atoms with Crippen molar-refractivity contribution < 1.29 is 9.90 Å². The van der Waals surface area contributed by atoms with Crippen LogP contribution in [0.25, 0.3) is 23.1 Å². The Morgan fingerprint density at radius 3 is 2.36 bits per heavy atom. The second-order valence-corrected chi connectivity index (χ2v) is 7.12. The predicted molar refractivity (Wildman–Crippen MR) is 106 cm³/mol. The fourth-order valence-corrected chi connectivity index (χ4v) is 3.46. The quantitative estimate of drug-likeness (QED) is 0.610. The van der Waals surface area contributed by atoms with Crippen molar-refractivity contribution in [1.29, 1.82) is 0 Å². The van der Waals surface area contributed by atoms with Gasteiger partial charge >= 0.3 is 5.97 Å². The van der Waals surface area contributed by atoms with Crippen LogP contribution in [0.4, 0.5) is 0 Å². The Morgan fingerprint density at radius 2 is 1.72 bits per heavy atom. The van der Waals surface area contributed by atoms with Gasteiger partial charge in [0, 0.05) is 9.86 Å². The molecule has 0 spiro atoms. The minimum absolute atomic E-state index is 0.253. The van der Waals surface area contributed by atoms with Crippen molar-refractivity contribution in [3.63, 3.8) is 0 Å². The third-order valence-electron chi connectivity index (χ3n) is 4.18. The van der Waals surface area contributed by atoms with E-state index in [4.69, 9.17) is 0 Å². The van der Waals surface area contributed by atoms with E-state index in [1.54, 1.807) is 12.1 Å². The van der Waals surface area contributed by atoms with Gasteiger partial charge in [-0.05, 0) is 67.8 Å². The van der Waals surface area contributed by atoms with Gasteiger partial charge in [0.2, 0.25) is 0 Å². The van der Waals surface area contributed by atoms with Gasteiger partial charge in [-0.2, -0.15) is 0 Å². The molecule has 0 saturated carbocycles. The average molecular weight is 396 g/mol. The molecule has 0 unspecified atom stereocenters. The highest BCUT2D eigenvalue weighted by atomic mass is 79.9. The lowest BCUT2D eigenvalue weighted by Gasteiger charge is -2.08. The number of hydrogen-bond donors (Lipinski definition) is 1. The molecule has 0 bridgehead atoms. The lowest BCUT2D eigenvalue weighted by atomic mass is 9.99. The van der Waals surface area contributed by atoms with Crippen molar-refractivity contribution in [1.82, 2.24) is 4.98 Å². The molecule has 1 heterocycles. The third kappa shape index (κ3) is 3.64. The number of pyridine rings is 1. The van der Waals surface area contributed by atoms with E-state index < -0.39 is 5.97 Å². The van der Waals surface area contributed by atoms with E-state index in [9.17, 15) is 9.90 Å². The first-order valence-electron chi connectivity index (χ1n) is 7.94. The van der Waals surface area contributed by atoms with Crippen LogP contribution in [0.2, 0.25) is 0 Å². The van der Waals surface area contributed by atoms with Gasteiger partial charge in [0.05, 0.1) is 16.8 Å². The molecule has 0 fully saturated rings. The zero-order valence-corrected chi connectivity index (χ0v) is 15.9. The number of carbonyl (C=O) groups is 1. The maximum absolute atomic E-state index is 11.6. The Balaban J connectivity index is 2.11. The highest BCUT2D eigenvalue weighted by Crippen LogP contribution is 2.24. The Kier molecular flexibility index (Phi) is 4.73. The zero-order valence-electron chi connectivity index (χ0n) is 14.3. The molecule has 0 aliphatic carbocycles. The summed E-state index contributed by atoms with van der Waals surface area (Å²) in [6, 6.07) is 11.4. The summed E-state index contributed by atoms with van der Waals surface area (Å²) in [6.45, 7) is 6.23. The normalized spacial score (nSPS) is 11.4. The number of fused-ring (bicyclic) bond motifs is 1. The number of aromatic nitrogens is 1. The molecule has 25 heavy (non-hydrogen) atoms. The lowest BCUT2D eigenvalue weighted by Crippen LogP contribution is -2.00. The first kappa shape index (κ1) is 17.4. The summed E-state index contributed by atoms with van der Waals surface area (Å²) in [7, 11) is 0. The Hall–Kier alpha value is -2.46. The molecule has 0 amide bonds. The van der Waals surface area contributed by atoms with Crippen LogP contribution in [0.1, 0.15) is 38.3 Å². The van der Waals surface area contributed by atoms with E-state index in [1.807, 2.05) is 24.3 Å². The van der Waals surface area contributed by atoms with E-state index >= 15 is 0 Å². The first-order valence-corrected chi connectivity index (χ1v) is 8.74. The van der Waals surface area contributed by atoms with Gasteiger partial charge in [-0.3, -0.25) is 0 Å². The fraction of sp³-hybridized carbons (Fsp3) is 0.143. The summed E-state index contributed by atoms with van der Waals surface area (Å²) in [5, 5.41) is 10.2. The third-order valence-corrected chi connectivity index (χ3v) is 4.67. The molecular formula is C21H18BrNO2. The molecule has 126 valence electrons. The van der Waals surface area contributed by atoms with Gasteiger partial charge < -0.3 is 5.11 Å². The van der Waals surface area contributed by atoms with Crippen molar-refractivity contribution in [3.8, 4) is 0 Å². The Bertz CT molecular complexity index is 999. The number of aryl methyl sites for hydroxylation is 3. The van der Waals surface area contributed by atoms with E-state index in [2.05, 4.69) is 53.8 Å². The zero-order chi connectivity index (χ0) is 18.1. The molecule has 0 saturated heterocycles. The second kappa shape index (κ2) is 6.81. The molecule has 3 nitrogen and oxygen atoms in total. The van der Waals surface area contributed by atoms with Gasteiger partial charge in [0.1, 0.15) is 0 Å². The Labute approximate surface area is 155 Å². The summed E-state index contributed by atoms with van der Waals surface area (Å²) in [5.41, 5.74) is 6.30. The summed E-state index contributed by atoms with van der Waals surface area (Å²) in [6.07, 6.45) is 3.88. The van der Waals surface area contributed by atoms with Crippen LogP contribution in [0.3, 0.4) is 0 Å². The van der Waals surface area contributed by atoms with Crippen molar-refractivity contribution in [3.05, 3.63) is 74.4 Å². The summed E-state index contributed by atoms with van der Waals surface area (Å²) < 4.78 is 0.832. The maximum atomic E-state index is 11.6. The highest BCUT2D eigenvalue weighted by molar-refractivity contribution is 9.10. The molecule has 2 aromatic carbocycles.